The van der Waals surface area contributed by atoms with Gasteiger partial charge in [-0.2, -0.15) is 0 Å². The lowest BCUT2D eigenvalue weighted by Gasteiger charge is -2.12. The highest BCUT2D eigenvalue weighted by Crippen LogP contribution is 2.29. The number of rotatable bonds is 4. The molecule has 0 spiro atoms. The molecule has 0 aliphatic rings. The van der Waals surface area contributed by atoms with Crippen LogP contribution in [0.4, 0.5) is 4.39 Å². The molecule has 2 rings (SSSR count). The maximum absolute atomic E-state index is 13.1. The van der Waals surface area contributed by atoms with Gasteiger partial charge in [-0.3, -0.25) is 4.79 Å². The van der Waals surface area contributed by atoms with Gasteiger partial charge < -0.3 is 5.11 Å². The summed E-state index contributed by atoms with van der Waals surface area (Å²) >= 11 is 4.86. The quantitative estimate of drug-likeness (QED) is 0.918. The van der Waals surface area contributed by atoms with Crippen molar-refractivity contribution in [2.24, 2.45) is 0 Å². The minimum absolute atomic E-state index is 0.358. The second-order valence-electron chi connectivity index (χ2n) is 3.84. The van der Waals surface area contributed by atoms with Crippen molar-refractivity contribution >= 4 is 33.2 Å². The van der Waals surface area contributed by atoms with E-state index in [0.29, 0.717) is 12.0 Å². The van der Waals surface area contributed by atoms with Crippen molar-refractivity contribution < 1.29 is 14.3 Å². The fourth-order valence-corrected chi connectivity index (χ4v) is 3.29. The molecule has 0 amide bonds. The van der Waals surface area contributed by atoms with Gasteiger partial charge in [0.25, 0.3) is 0 Å². The summed E-state index contributed by atoms with van der Waals surface area (Å²) in [6.07, 6.45) is 0.358. The molecule has 1 N–H and O–H groups in total. The fourth-order valence-electron chi connectivity index (χ4n) is 1.73. The van der Waals surface area contributed by atoms with Crippen LogP contribution in [-0.2, 0) is 11.2 Å². The van der Waals surface area contributed by atoms with Gasteiger partial charge in [0.05, 0.1) is 5.92 Å². The van der Waals surface area contributed by atoms with Crippen LogP contribution in [0.3, 0.4) is 0 Å². The third kappa shape index (κ3) is 2.97. The Morgan fingerprint density at radius 2 is 2.22 bits per heavy atom. The summed E-state index contributed by atoms with van der Waals surface area (Å²) in [5.74, 6) is -2.08. The molecule has 1 aromatic carbocycles. The number of thiophene rings is 1. The Hall–Kier alpha value is -1.20. The third-order valence-electron chi connectivity index (χ3n) is 2.63. The van der Waals surface area contributed by atoms with Gasteiger partial charge in [-0.15, -0.1) is 11.3 Å². The first-order valence-corrected chi connectivity index (χ1v) is 6.95. The van der Waals surface area contributed by atoms with E-state index in [0.717, 1.165) is 9.35 Å². The smallest absolute Gasteiger partial charge is 0.311 e. The molecule has 1 aromatic heterocycles. The molecule has 0 aliphatic carbocycles. The summed E-state index contributed by atoms with van der Waals surface area (Å²) in [4.78, 5) is 12.3. The maximum atomic E-state index is 13.1. The van der Waals surface area contributed by atoms with E-state index in [1.165, 1.54) is 29.5 Å². The van der Waals surface area contributed by atoms with Crippen LogP contribution < -0.4 is 0 Å². The molecule has 0 fully saturated rings. The Balaban J connectivity index is 2.30. The van der Waals surface area contributed by atoms with Crippen LogP contribution in [0.2, 0.25) is 0 Å². The summed E-state index contributed by atoms with van der Waals surface area (Å²) in [6, 6.07) is 7.64. The van der Waals surface area contributed by atoms with E-state index < -0.39 is 17.7 Å². The van der Waals surface area contributed by atoms with Gasteiger partial charge in [-0.25, -0.2) is 4.39 Å². The average molecular weight is 329 g/mol. The Bertz CT molecular complexity index is 568. The first-order chi connectivity index (χ1) is 8.58. The summed E-state index contributed by atoms with van der Waals surface area (Å²) < 4.78 is 14.0. The first kappa shape index (κ1) is 13.2. The monoisotopic (exact) mass is 328 g/mol. The van der Waals surface area contributed by atoms with E-state index in [9.17, 15) is 14.3 Å². The maximum Gasteiger partial charge on any atom is 0.311 e. The van der Waals surface area contributed by atoms with Gasteiger partial charge in [-0.1, -0.05) is 12.1 Å². The van der Waals surface area contributed by atoms with Crippen LogP contribution in [0, 0.1) is 5.82 Å². The molecule has 1 atom stereocenters. The average Bonchev–Trinajstić information content (AvgIpc) is 2.71. The molecular formula is C13H10BrFO2S. The van der Waals surface area contributed by atoms with Crippen LogP contribution >= 0.6 is 27.3 Å². The zero-order chi connectivity index (χ0) is 13.1. The van der Waals surface area contributed by atoms with Crippen molar-refractivity contribution in [3.05, 3.63) is 56.4 Å². The normalized spacial score (nSPS) is 12.3. The highest BCUT2D eigenvalue weighted by molar-refractivity contribution is 9.10. The molecule has 0 saturated carbocycles. The Morgan fingerprint density at radius 1 is 1.44 bits per heavy atom. The van der Waals surface area contributed by atoms with Crippen LogP contribution in [0.5, 0.6) is 0 Å². The number of carbonyl (C=O) groups is 1. The van der Waals surface area contributed by atoms with E-state index in [-0.39, 0.29) is 0 Å². The highest BCUT2D eigenvalue weighted by Gasteiger charge is 2.22. The summed E-state index contributed by atoms with van der Waals surface area (Å²) in [6.45, 7) is 0. The molecule has 2 aromatic rings. The third-order valence-corrected chi connectivity index (χ3v) is 4.58. The topological polar surface area (TPSA) is 37.3 Å². The number of hydrogen-bond donors (Lipinski definition) is 1. The first-order valence-electron chi connectivity index (χ1n) is 5.28. The highest BCUT2D eigenvalue weighted by atomic mass is 79.9. The molecule has 94 valence electrons. The molecule has 0 aliphatic heterocycles. The summed E-state index contributed by atoms with van der Waals surface area (Å²) in [7, 11) is 0. The van der Waals surface area contributed by atoms with Gasteiger partial charge in [0.2, 0.25) is 0 Å². The van der Waals surface area contributed by atoms with Crippen molar-refractivity contribution in [3.63, 3.8) is 0 Å². The number of carboxylic acids is 1. The zero-order valence-electron chi connectivity index (χ0n) is 9.27. The van der Waals surface area contributed by atoms with Crippen LogP contribution in [-0.4, -0.2) is 11.1 Å². The molecule has 0 radical (unpaired) electrons. The fraction of sp³-hybridized carbons (Fsp3) is 0.154. The van der Waals surface area contributed by atoms with E-state index in [2.05, 4.69) is 15.9 Å². The zero-order valence-corrected chi connectivity index (χ0v) is 11.7. The second kappa shape index (κ2) is 5.63. The Labute approximate surface area is 116 Å². The number of halogens is 2. The lowest BCUT2D eigenvalue weighted by atomic mass is 9.95. The summed E-state index contributed by atoms with van der Waals surface area (Å²) in [5.41, 5.74) is 0.489. The lowest BCUT2D eigenvalue weighted by molar-refractivity contribution is -0.138. The van der Waals surface area contributed by atoms with E-state index in [1.54, 1.807) is 6.07 Å². The Morgan fingerprint density at radius 3 is 2.78 bits per heavy atom. The molecule has 2 nitrogen and oxygen atoms in total. The van der Waals surface area contributed by atoms with Crippen molar-refractivity contribution in [1.29, 1.82) is 0 Å². The number of aliphatic carboxylic acids is 1. The molecule has 0 saturated heterocycles. The number of hydrogen-bond acceptors (Lipinski definition) is 2. The van der Waals surface area contributed by atoms with Crippen molar-refractivity contribution in [3.8, 4) is 0 Å². The molecule has 1 unspecified atom stereocenters. The van der Waals surface area contributed by atoms with E-state index >= 15 is 0 Å². The van der Waals surface area contributed by atoms with Crippen molar-refractivity contribution in [2.75, 3.05) is 0 Å². The standard InChI is InChI=1S/C13H10BrFO2S/c14-11-4-5-18-12(11)7-10(13(16)17)8-2-1-3-9(15)6-8/h1-6,10H,7H2,(H,16,17). The minimum Gasteiger partial charge on any atom is -0.481 e. The predicted molar refractivity (Wildman–Crippen MR) is 72.5 cm³/mol. The molecule has 1 heterocycles. The molecule has 18 heavy (non-hydrogen) atoms. The van der Waals surface area contributed by atoms with Crippen molar-refractivity contribution in [1.82, 2.24) is 0 Å². The number of carboxylic acid groups (broad SMARTS) is 1. The molecule has 5 heteroatoms. The van der Waals surface area contributed by atoms with Crippen LogP contribution in [0.1, 0.15) is 16.4 Å². The SMILES string of the molecule is O=C(O)C(Cc1sccc1Br)c1cccc(F)c1. The van der Waals surface area contributed by atoms with Gasteiger partial charge in [0.15, 0.2) is 0 Å². The van der Waals surface area contributed by atoms with Gasteiger partial charge in [0, 0.05) is 15.8 Å². The van der Waals surface area contributed by atoms with Gasteiger partial charge in [0.1, 0.15) is 5.82 Å². The van der Waals surface area contributed by atoms with Gasteiger partial charge in [-0.05, 0) is 45.1 Å². The second-order valence-corrected chi connectivity index (χ2v) is 5.70. The van der Waals surface area contributed by atoms with E-state index in [4.69, 9.17) is 0 Å². The van der Waals surface area contributed by atoms with Gasteiger partial charge >= 0.3 is 5.97 Å². The summed E-state index contributed by atoms with van der Waals surface area (Å²) in [5, 5.41) is 11.2. The molecular weight excluding hydrogens is 319 g/mol. The minimum atomic E-state index is -0.944. The van der Waals surface area contributed by atoms with E-state index in [1.807, 2.05) is 11.4 Å². The van der Waals surface area contributed by atoms with Crippen LogP contribution in [0.15, 0.2) is 40.2 Å². The molecule has 0 bridgehead atoms. The van der Waals surface area contributed by atoms with Crippen LogP contribution in [0.25, 0.3) is 0 Å². The number of benzene rings is 1. The lowest BCUT2D eigenvalue weighted by Crippen LogP contribution is -2.14. The van der Waals surface area contributed by atoms with Crippen molar-refractivity contribution in [2.45, 2.75) is 12.3 Å². The Kier molecular flexibility index (Phi) is 4.14. The largest absolute Gasteiger partial charge is 0.481 e. The predicted octanol–water partition coefficient (Wildman–Crippen LogP) is 4.06.